The lowest BCUT2D eigenvalue weighted by atomic mass is 10.1. The molecule has 0 aromatic carbocycles. The van der Waals surface area contributed by atoms with Gasteiger partial charge in [0.25, 0.3) is 0 Å². The van der Waals surface area contributed by atoms with Crippen molar-refractivity contribution in [2.75, 3.05) is 19.6 Å². The van der Waals surface area contributed by atoms with Gasteiger partial charge in [-0.05, 0) is 13.3 Å². The second kappa shape index (κ2) is 6.04. The summed E-state index contributed by atoms with van der Waals surface area (Å²) in [4.78, 5) is 2.54. The van der Waals surface area contributed by atoms with Crippen molar-refractivity contribution in [2.24, 2.45) is 7.05 Å². The van der Waals surface area contributed by atoms with Crippen LogP contribution in [0, 0.1) is 6.92 Å². The summed E-state index contributed by atoms with van der Waals surface area (Å²) in [6.07, 6.45) is 2.46. The summed E-state index contributed by atoms with van der Waals surface area (Å²) >= 11 is 6.32. The van der Waals surface area contributed by atoms with Crippen molar-refractivity contribution < 1.29 is 0 Å². The number of aromatic nitrogens is 2. The monoisotopic (exact) mass is 270 g/mol. The minimum Gasteiger partial charge on any atom is -0.314 e. The largest absolute Gasteiger partial charge is 0.314 e. The lowest BCUT2D eigenvalue weighted by Gasteiger charge is -2.36. The maximum absolute atomic E-state index is 6.32. The van der Waals surface area contributed by atoms with Crippen LogP contribution < -0.4 is 5.32 Å². The van der Waals surface area contributed by atoms with Gasteiger partial charge in [-0.25, -0.2) is 0 Å². The van der Waals surface area contributed by atoms with Crippen LogP contribution in [0.2, 0.25) is 5.15 Å². The third-order valence-corrected chi connectivity index (χ3v) is 4.20. The fourth-order valence-corrected chi connectivity index (χ4v) is 2.92. The Kier molecular flexibility index (Phi) is 4.65. The van der Waals surface area contributed by atoms with Gasteiger partial charge < -0.3 is 5.32 Å². The van der Waals surface area contributed by atoms with Crippen molar-refractivity contribution in [1.29, 1.82) is 0 Å². The van der Waals surface area contributed by atoms with Gasteiger partial charge in [0.15, 0.2) is 0 Å². The molecule has 0 bridgehead atoms. The first-order valence-corrected chi connectivity index (χ1v) is 7.14. The minimum absolute atomic E-state index is 0.624. The van der Waals surface area contributed by atoms with Gasteiger partial charge >= 0.3 is 0 Å². The molecular formula is C13H23ClN4. The first-order valence-electron chi connectivity index (χ1n) is 6.76. The Morgan fingerprint density at radius 2 is 2.28 bits per heavy atom. The molecule has 1 aromatic heterocycles. The topological polar surface area (TPSA) is 33.1 Å². The smallest absolute Gasteiger partial charge is 0.131 e. The average molecular weight is 271 g/mol. The first kappa shape index (κ1) is 13.8. The van der Waals surface area contributed by atoms with Crippen molar-refractivity contribution >= 4 is 11.6 Å². The summed E-state index contributed by atoms with van der Waals surface area (Å²) in [6, 6.07) is 0.624. The normalized spacial score (nSPS) is 21.4. The Bertz CT molecular complexity index is 400. The Balaban J connectivity index is 2.10. The van der Waals surface area contributed by atoms with Crippen molar-refractivity contribution in [3.63, 3.8) is 0 Å². The molecule has 4 nitrogen and oxygen atoms in total. The Hall–Kier alpha value is -0.580. The predicted octanol–water partition coefficient (Wildman–Crippen LogP) is 1.96. The van der Waals surface area contributed by atoms with Crippen LogP contribution in [0.5, 0.6) is 0 Å². The van der Waals surface area contributed by atoms with Crippen LogP contribution in [0.15, 0.2) is 0 Å². The molecule has 1 aliphatic heterocycles. The number of piperazine rings is 1. The average Bonchev–Trinajstić information content (AvgIpc) is 2.59. The van der Waals surface area contributed by atoms with E-state index in [4.69, 9.17) is 11.6 Å². The second-order valence-corrected chi connectivity index (χ2v) is 5.45. The maximum atomic E-state index is 6.32. The summed E-state index contributed by atoms with van der Waals surface area (Å²) < 4.78 is 1.77. The van der Waals surface area contributed by atoms with Crippen LogP contribution in [0.25, 0.3) is 0 Å². The van der Waals surface area contributed by atoms with E-state index in [2.05, 4.69) is 22.2 Å². The molecule has 5 heteroatoms. The van der Waals surface area contributed by atoms with Gasteiger partial charge in [-0.3, -0.25) is 9.58 Å². The number of rotatable bonds is 4. The van der Waals surface area contributed by atoms with Crippen LogP contribution in [0.1, 0.15) is 31.0 Å². The van der Waals surface area contributed by atoms with Crippen LogP contribution in [-0.2, 0) is 13.6 Å². The van der Waals surface area contributed by atoms with Gasteiger partial charge in [0.1, 0.15) is 5.15 Å². The van der Waals surface area contributed by atoms with Crippen LogP contribution in [-0.4, -0.2) is 40.4 Å². The zero-order valence-electron chi connectivity index (χ0n) is 11.5. The third-order valence-electron chi connectivity index (χ3n) is 3.73. The Morgan fingerprint density at radius 1 is 1.50 bits per heavy atom. The van der Waals surface area contributed by atoms with Crippen LogP contribution in [0.4, 0.5) is 0 Å². The molecule has 0 spiro atoms. The Morgan fingerprint density at radius 3 is 2.89 bits per heavy atom. The molecule has 2 heterocycles. The SMILES string of the molecule is CCCC1CNCCN1Cc1c(C)nn(C)c1Cl. The Labute approximate surface area is 114 Å². The summed E-state index contributed by atoms with van der Waals surface area (Å²) in [7, 11) is 1.90. The highest BCUT2D eigenvalue weighted by Gasteiger charge is 2.23. The molecule has 0 aliphatic carbocycles. The van der Waals surface area contributed by atoms with E-state index in [1.54, 1.807) is 4.68 Å². The standard InChI is InChI=1S/C13H23ClN4/c1-4-5-11-8-15-6-7-18(11)9-12-10(2)16-17(3)13(12)14/h11,15H,4-9H2,1-3H3. The van der Waals surface area contributed by atoms with Crippen molar-refractivity contribution in [1.82, 2.24) is 20.0 Å². The highest BCUT2D eigenvalue weighted by molar-refractivity contribution is 6.30. The maximum Gasteiger partial charge on any atom is 0.131 e. The molecule has 1 aliphatic rings. The lowest BCUT2D eigenvalue weighted by molar-refractivity contribution is 0.144. The summed E-state index contributed by atoms with van der Waals surface area (Å²) in [5.41, 5.74) is 2.23. The van der Waals surface area contributed by atoms with E-state index in [0.29, 0.717) is 6.04 Å². The van der Waals surface area contributed by atoms with E-state index in [1.807, 2.05) is 14.0 Å². The quantitative estimate of drug-likeness (QED) is 0.908. The molecule has 1 fully saturated rings. The molecule has 0 saturated carbocycles. The van der Waals surface area contributed by atoms with Gasteiger partial charge in [-0.15, -0.1) is 0 Å². The van der Waals surface area contributed by atoms with Gasteiger partial charge in [0.05, 0.1) is 5.69 Å². The van der Waals surface area contributed by atoms with Crippen molar-refractivity contribution in [2.45, 2.75) is 39.3 Å². The molecule has 1 aromatic rings. The summed E-state index contributed by atoms with van der Waals surface area (Å²) in [5, 5.41) is 8.64. The second-order valence-electron chi connectivity index (χ2n) is 5.10. The van der Waals surface area contributed by atoms with E-state index in [1.165, 1.54) is 18.4 Å². The van der Waals surface area contributed by atoms with Gasteiger partial charge in [-0.1, -0.05) is 24.9 Å². The van der Waals surface area contributed by atoms with E-state index in [-0.39, 0.29) is 0 Å². The van der Waals surface area contributed by atoms with Gasteiger partial charge in [-0.2, -0.15) is 5.10 Å². The number of halogens is 1. The van der Waals surface area contributed by atoms with E-state index < -0.39 is 0 Å². The molecule has 1 N–H and O–H groups in total. The zero-order valence-corrected chi connectivity index (χ0v) is 12.3. The number of aryl methyl sites for hydroxylation is 2. The molecular weight excluding hydrogens is 248 g/mol. The highest BCUT2D eigenvalue weighted by atomic mass is 35.5. The summed E-state index contributed by atoms with van der Waals surface area (Å²) in [6.45, 7) is 8.45. The van der Waals surface area contributed by atoms with Crippen molar-refractivity contribution in [3.8, 4) is 0 Å². The fraction of sp³-hybridized carbons (Fsp3) is 0.769. The van der Waals surface area contributed by atoms with Crippen LogP contribution >= 0.6 is 11.6 Å². The lowest BCUT2D eigenvalue weighted by Crippen LogP contribution is -2.50. The number of hydrogen-bond acceptors (Lipinski definition) is 3. The van der Waals surface area contributed by atoms with E-state index in [9.17, 15) is 0 Å². The van der Waals surface area contributed by atoms with Gasteiger partial charge in [0, 0.05) is 44.8 Å². The molecule has 1 atom stereocenters. The molecule has 1 saturated heterocycles. The number of nitrogens with zero attached hydrogens (tertiary/aromatic N) is 3. The first-order chi connectivity index (χ1) is 8.63. The predicted molar refractivity (Wildman–Crippen MR) is 74.9 cm³/mol. The fourth-order valence-electron chi connectivity index (χ4n) is 2.69. The number of hydrogen-bond donors (Lipinski definition) is 1. The highest BCUT2D eigenvalue weighted by Crippen LogP contribution is 2.22. The van der Waals surface area contributed by atoms with E-state index >= 15 is 0 Å². The van der Waals surface area contributed by atoms with Crippen molar-refractivity contribution in [3.05, 3.63) is 16.4 Å². The van der Waals surface area contributed by atoms with E-state index in [0.717, 1.165) is 37.0 Å². The summed E-state index contributed by atoms with van der Waals surface area (Å²) in [5.74, 6) is 0. The molecule has 0 amide bonds. The van der Waals surface area contributed by atoms with Crippen LogP contribution in [0.3, 0.4) is 0 Å². The molecule has 18 heavy (non-hydrogen) atoms. The molecule has 1 unspecified atom stereocenters. The molecule has 0 radical (unpaired) electrons. The minimum atomic E-state index is 0.624. The number of nitrogens with one attached hydrogen (secondary N) is 1. The third kappa shape index (κ3) is 2.87. The van der Waals surface area contributed by atoms with Gasteiger partial charge in [0.2, 0.25) is 0 Å². The molecule has 102 valence electrons. The zero-order chi connectivity index (χ0) is 13.1. The molecule has 2 rings (SSSR count).